The third-order valence-corrected chi connectivity index (χ3v) is 3.24. The molecule has 1 aromatic heterocycles. The normalized spacial score (nSPS) is 17.5. The molecular weight excluding hydrogens is 192 g/mol. The summed E-state index contributed by atoms with van der Waals surface area (Å²) in [6, 6.07) is 3.81. The van der Waals surface area contributed by atoms with Gasteiger partial charge in [-0.05, 0) is 32.0 Å². The van der Waals surface area contributed by atoms with E-state index < -0.39 is 0 Å². The predicted molar refractivity (Wildman–Crippen MR) is 56.7 cm³/mol. The van der Waals surface area contributed by atoms with Gasteiger partial charge in [-0.15, -0.1) is 0 Å². The fourth-order valence-electron chi connectivity index (χ4n) is 2.06. The third-order valence-electron chi connectivity index (χ3n) is 3.24. The Labute approximate surface area is 89.2 Å². The number of esters is 1. The number of nitrogens with one attached hydrogen (secondary N) is 1. The van der Waals surface area contributed by atoms with Gasteiger partial charge in [-0.2, -0.15) is 0 Å². The summed E-state index contributed by atoms with van der Waals surface area (Å²) in [7, 11) is 5.26. The van der Waals surface area contributed by atoms with Gasteiger partial charge in [-0.25, -0.2) is 4.79 Å². The van der Waals surface area contributed by atoms with Crippen LogP contribution in [-0.4, -0.2) is 24.7 Å². The number of hydrogen-bond donors (Lipinski definition) is 1. The summed E-state index contributed by atoms with van der Waals surface area (Å²) in [5.41, 5.74) is 1.85. The molecular formula is C11H16N2O2. The van der Waals surface area contributed by atoms with Crippen molar-refractivity contribution in [3.63, 3.8) is 0 Å². The number of aromatic nitrogens is 1. The number of hydrogen-bond acceptors (Lipinski definition) is 3. The summed E-state index contributed by atoms with van der Waals surface area (Å²) in [5, 5.41) is 3.31. The first-order valence-corrected chi connectivity index (χ1v) is 5.08. The molecule has 1 aromatic rings. The molecule has 1 aliphatic carbocycles. The molecule has 1 heterocycles. The fourth-order valence-corrected chi connectivity index (χ4v) is 2.06. The lowest BCUT2D eigenvalue weighted by molar-refractivity contribution is 0.0589. The highest BCUT2D eigenvalue weighted by molar-refractivity contribution is 5.87. The zero-order valence-corrected chi connectivity index (χ0v) is 9.33. The first-order valence-electron chi connectivity index (χ1n) is 5.08. The summed E-state index contributed by atoms with van der Waals surface area (Å²) < 4.78 is 6.63. The highest BCUT2D eigenvalue weighted by Gasteiger charge is 2.45. The minimum absolute atomic E-state index is 0.0843. The summed E-state index contributed by atoms with van der Waals surface area (Å²) in [6.07, 6.45) is 2.25. The molecule has 1 aliphatic rings. The largest absolute Gasteiger partial charge is 0.464 e. The van der Waals surface area contributed by atoms with Crippen LogP contribution in [0.15, 0.2) is 12.1 Å². The van der Waals surface area contributed by atoms with Gasteiger partial charge in [-0.3, -0.25) is 0 Å². The van der Waals surface area contributed by atoms with Gasteiger partial charge in [0.1, 0.15) is 5.69 Å². The second-order valence-corrected chi connectivity index (χ2v) is 3.99. The molecule has 82 valence electrons. The highest BCUT2D eigenvalue weighted by Crippen LogP contribution is 2.45. The van der Waals surface area contributed by atoms with Gasteiger partial charge in [0.25, 0.3) is 0 Å². The minimum Gasteiger partial charge on any atom is -0.464 e. The Morgan fingerprint density at radius 3 is 2.67 bits per heavy atom. The average molecular weight is 208 g/mol. The number of rotatable bonds is 3. The standard InChI is InChI=1S/C11H16N2O2/c1-12-11(6-7-11)9-5-4-8(13(9)2)10(14)15-3/h4-5,12H,6-7H2,1-3H3. The van der Waals surface area contributed by atoms with Crippen LogP contribution in [0.4, 0.5) is 0 Å². The Bertz CT molecular complexity index is 391. The Hall–Kier alpha value is -1.29. The third kappa shape index (κ3) is 1.45. The lowest BCUT2D eigenvalue weighted by atomic mass is 10.2. The van der Waals surface area contributed by atoms with Crippen LogP contribution in [-0.2, 0) is 17.3 Å². The van der Waals surface area contributed by atoms with Gasteiger partial charge in [0.15, 0.2) is 0 Å². The molecule has 0 bridgehead atoms. The van der Waals surface area contributed by atoms with Crippen LogP contribution in [0, 0.1) is 0 Å². The van der Waals surface area contributed by atoms with Gasteiger partial charge >= 0.3 is 5.97 Å². The number of carbonyl (C=O) groups is 1. The van der Waals surface area contributed by atoms with Crippen molar-refractivity contribution in [1.29, 1.82) is 0 Å². The van der Waals surface area contributed by atoms with Crippen molar-refractivity contribution in [1.82, 2.24) is 9.88 Å². The SMILES string of the molecule is CNC1(c2ccc(C(=O)OC)n2C)CC1. The van der Waals surface area contributed by atoms with Gasteiger partial charge in [-0.1, -0.05) is 0 Å². The van der Waals surface area contributed by atoms with Crippen molar-refractivity contribution in [2.45, 2.75) is 18.4 Å². The van der Waals surface area contributed by atoms with Crippen LogP contribution >= 0.6 is 0 Å². The average Bonchev–Trinajstić information content (AvgIpc) is 2.96. The summed E-state index contributed by atoms with van der Waals surface area (Å²) in [5.74, 6) is -0.282. The smallest absolute Gasteiger partial charge is 0.354 e. The van der Waals surface area contributed by atoms with E-state index in [-0.39, 0.29) is 11.5 Å². The number of methoxy groups -OCH3 is 1. The van der Waals surface area contributed by atoms with Crippen molar-refractivity contribution in [2.75, 3.05) is 14.2 Å². The van der Waals surface area contributed by atoms with E-state index in [9.17, 15) is 4.79 Å². The number of carbonyl (C=O) groups excluding carboxylic acids is 1. The number of ether oxygens (including phenoxy) is 1. The van der Waals surface area contributed by atoms with E-state index in [1.807, 2.05) is 30.8 Å². The summed E-state index contributed by atoms with van der Waals surface area (Å²) >= 11 is 0. The maximum atomic E-state index is 11.4. The molecule has 0 radical (unpaired) electrons. The van der Waals surface area contributed by atoms with E-state index >= 15 is 0 Å². The first-order chi connectivity index (χ1) is 7.14. The number of nitrogens with zero attached hydrogens (tertiary/aromatic N) is 1. The Morgan fingerprint density at radius 2 is 2.20 bits per heavy atom. The molecule has 2 rings (SSSR count). The van der Waals surface area contributed by atoms with Crippen LogP contribution in [0.1, 0.15) is 29.0 Å². The Kier molecular flexibility index (Phi) is 2.31. The van der Waals surface area contributed by atoms with Crippen molar-refractivity contribution < 1.29 is 9.53 Å². The Morgan fingerprint density at radius 1 is 1.53 bits per heavy atom. The van der Waals surface area contributed by atoms with Gasteiger partial charge in [0, 0.05) is 12.7 Å². The second-order valence-electron chi connectivity index (χ2n) is 3.99. The lowest BCUT2D eigenvalue weighted by Crippen LogP contribution is -2.27. The molecule has 0 unspecified atom stereocenters. The monoisotopic (exact) mass is 208 g/mol. The van der Waals surface area contributed by atoms with Gasteiger partial charge in [0.2, 0.25) is 0 Å². The maximum absolute atomic E-state index is 11.4. The van der Waals surface area contributed by atoms with Crippen LogP contribution in [0.25, 0.3) is 0 Å². The van der Waals surface area contributed by atoms with Crippen molar-refractivity contribution in [3.05, 3.63) is 23.5 Å². The van der Waals surface area contributed by atoms with E-state index in [0.29, 0.717) is 5.69 Å². The predicted octanol–water partition coefficient (Wildman–Crippen LogP) is 1.02. The van der Waals surface area contributed by atoms with Crippen LogP contribution in [0.3, 0.4) is 0 Å². The lowest BCUT2D eigenvalue weighted by Gasteiger charge is -2.16. The molecule has 0 spiro atoms. The van der Waals surface area contributed by atoms with E-state index in [0.717, 1.165) is 18.5 Å². The van der Waals surface area contributed by atoms with Crippen molar-refractivity contribution in [2.24, 2.45) is 7.05 Å². The van der Waals surface area contributed by atoms with Crippen molar-refractivity contribution in [3.8, 4) is 0 Å². The van der Waals surface area contributed by atoms with Crippen LogP contribution < -0.4 is 5.32 Å². The zero-order valence-electron chi connectivity index (χ0n) is 9.33. The molecule has 15 heavy (non-hydrogen) atoms. The molecule has 0 amide bonds. The van der Waals surface area contributed by atoms with E-state index in [2.05, 4.69) is 5.32 Å². The molecule has 0 saturated heterocycles. The van der Waals surface area contributed by atoms with E-state index in [4.69, 9.17) is 4.74 Å². The van der Waals surface area contributed by atoms with Gasteiger partial charge in [0.05, 0.1) is 12.6 Å². The Balaban J connectivity index is 2.36. The molecule has 0 aliphatic heterocycles. The van der Waals surface area contributed by atoms with Gasteiger partial charge < -0.3 is 14.6 Å². The van der Waals surface area contributed by atoms with E-state index in [1.54, 1.807) is 0 Å². The quantitative estimate of drug-likeness (QED) is 0.754. The fraction of sp³-hybridized carbons (Fsp3) is 0.545. The maximum Gasteiger partial charge on any atom is 0.354 e. The highest BCUT2D eigenvalue weighted by atomic mass is 16.5. The minimum atomic E-state index is -0.282. The summed E-state index contributed by atoms with van der Waals surface area (Å²) in [4.78, 5) is 11.4. The molecule has 1 saturated carbocycles. The molecule has 0 aromatic carbocycles. The second kappa shape index (κ2) is 3.38. The topological polar surface area (TPSA) is 43.3 Å². The van der Waals surface area contributed by atoms with Crippen molar-refractivity contribution >= 4 is 5.97 Å². The molecule has 1 N–H and O–H groups in total. The van der Waals surface area contributed by atoms with E-state index in [1.165, 1.54) is 7.11 Å². The molecule has 4 heteroatoms. The molecule has 4 nitrogen and oxygen atoms in total. The zero-order chi connectivity index (χ0) is 11.1. The first kappa shape index (κ1) is 10.2. The molecule has 0 atom stereocenters. The summed E-state index contributed by atoms with van der Waals surface area (Å²) in [6.45, 7) is 0. The molecule has 1 fully saturated rings. The van der Waals surface area contributed by atoms with Crippen LogP contribution in [0.5, 0.6) is 0 Å². The van der Waals surface area contributed by atoms with Crippen LogP contribution in [0.2, 0.25) is 0 Å².